The highest BCUT2D eigenvalue weighted by molar-refractivity contribution is 7.12. The van der Waals surface area contributed by atoms with Crippen LogP contribution < -0.4 is 9.47 Å². The van der Waals surface area contributed by atoms with Crippen LogP contribution >= 0.6 is 11.3 Å². The summed E-state index contributed by atoms with van der Waals surface area (Å²) in [6.07, 6.45) is 0. The fourth-order valence-corrected chi connectivity index (χ4v) is 5.63. The molecule has 0 bridgehead atoms. The Kier molecular flexibility index (Phi) is 6.55. The number of nitrogens with zero attached hydrogens (tertiary/aromatic N) is 3. The van der Waals surface area contributed by atoms with Crippen LogP contribution in [0.4, 0.5) is 0 Å². The molecule has 0 radical (unpaired) electrons. The molecule has 1 aromatic heterocycles. The summed E-state index contributed by atoms with van der Waals surface area (Å²) in [4.78, 5) is 23.0. The first-order valence-corrected chi connectivity index (χ1v) is 11.8. The highest BCUT2D eigenvalue weighted by Crippen LogP contribution is 2.37. The number of piperazine rings is 1. The average Bonchev–Trinajstić information content (AvgIpc) is 3.32. The Bertz CT molecular complexity index is 924. The Morgan fingerprint density at radius 1 is 1.03 bits per heavy atom. The summed E-state index contributed by atoms with van der Waals surface area (Å²) in [7, 11) is 5.44. The van der Waals surface area contributed by atoms with Crippen LogP contribution in [-0.4, -0.2) is 68.1 Å². The molecule has 1 amide bonds. The van der Waals surface area contributed by atoms with Crippen LogP contribution in [0.1, 0.15) is 51.0 Å². The van der Waals surface area contributed by atoms with Crippen LogP contribution in [0.3, 0.4) is 0 Å². The molecule has 168 valence electrons. The summed E-state index contributed by atoms with van der Waals surface area (Å²) in [5.41, 5.74) is 2.92. The maximum absolute atomic E-state index is 13.4. The monoisotopic (exact) mass is 443 g/mol. The number of ether oxygens (including phenoxy) is 2. The standard InChI is InChI=1S/C24H33N3O3S/c1-16(2)19-11-20(22(30-5)12-21(19)29-4)24(28)27-13-17-10-18(31-23(17)15-27)14-26-8-6-25(3)7-9-26/h10-12,16H,6-9,13-15H2,1-5H3. The Morgan fingerprint density at radius 3 is 2.35 bits per heavy atom. The molecule has 0 spiro atoms. The lowest BCUT2D eigenvalue weighted by molar-refractivity contribution is 0.0748. The zero-order chi connectivity index (χ0) is 22.1. The number of amides is 1. The number of carbonyl (C=O) groups excluding carboxylic acids is 1. The molecule has 0 N–H and O–H groups in total. The molecule has 3 heterocycles. The van der Waals surface area contributed by atoms with Crippen LogP contribution in [0.5, 0.6) is 11.5 Å². The maximum atomic E-state index is 13.4. The Labute approximate surface area is 189 Å². The van der Waals surface area contributed by atoms with Gasteiger partial charge in [-0.15, -0.1) is 11.3 Å². The maximum Gasteiger partial charge on any atom is 0.258 e. The number of rotatable bonds is 6. The largest absolute Gasteiger partial charge is 0.496 e. The fourth-order valence-electron chi connectivity index (χ4n) is 4.39. The predicted octanol–water partition coefficient (Wildman–Crippen LogP) is 3.79. The molecule has 4 rings (SSSR count). The van der Waals surface area contributed by atoms with Crippen molar-refractivity contribution in [3.63, 3.8) is 0 Å². The number of hydrogen-bond donors (Lipinski definition) is 0. The van der Waals surface area contributed by atoms with Crippen molar-refractivity contribution < 1.29 is 14.3 Å². The normalized spacial score (nSPS) is 17.3. The minimum Gasteiger partial charge on any atom is -0.496 e. The SMILES string of the molecule is COc1cc(OC)c(C(C)C)cc1C(=O)N1Cc2cc(CN3CCN(C)CC3)sc2C1. The second kappa shape index (κ2) is 9.18. The molecule has 2 aliphatic rings. The molecule has 1 saturated heterocycles. The van der Waals surface area contributed by atoms with E-state index in [1.54, 1.807) is 14.2 Å². The number of carbonyl (C=O) groups is 1. The number of fused-ring (bicyclic) bond motifs is 1. The van der Waals surface area contributed by atoms with Gasteiger partial charge in [0.1, 0.15) is 11.5 Å². The van der Waals surface area contributed by atoms with Crippen molar-refractivity contribution in [3.05, 3.63) is 44.6 Å². The lowest BCUT2D eigenvalue weighted by Crippen LogP contribution is -2.43. The topological polar surface area (TPSA) is 45.3 Å². The number of likely N-dealkylation sites (N-methyl/N-ethyl adjacent to an activating group) is 1. The summed E-state index contributed by atoms with van der Waals surface area (Å²) < 4.78 is 11.1. The number of methoxy groups -OCH3 is 2. The van der Waals surface area contributed by atoms with Crippen LogP contribution in [0.15, 0.2) is 18.2 Å². The molecule has 0 unspecified atom stereocenters. The van der Waals surface area contributed by atoms with Crippen molar-refractivity contribution in [2.45, 2.75) is 39.4 Å². The van der Waals surface area contributed by atoms with Crippen LogP contribution in [0, 0.1) is 0 Å². The Hall–Kier alpha value is -2.09. The molecule has 2 aliphatic heterocycles. The number of benzene rings is 1. The molecule has 1 aromatic carbocycles. The van der Waals surface area contributed by atoms with Gasteiger partial charge in [0.15, 0.2) is 0 Å². The lowest BCUT2D eigenvalue weighted by atomic mass is 9.98. The lowest BCUT2D eigenvalue weighted by Gasteiger charge is -2.32. The van der Waals surface area contributed by atoms with Gasteiger partial charge >= 0.3 is 0 Å². The van der Waals surface area contributed by atoms with Gasteiger partial charge in [0.2, 0.25) is 0 Å². The van der Waals surface area contributed by atoms with Crippen LogP contribution in [0.25, 0.3) is 0 Å². The molecule has 2 aromatic rings. The van der Waals surface area contributed by atoms with E-state index in [9.17, 15) is 4.79 Å². The van der Waals surface area contributed by atoms with E-state index in [0.29, 0.717) is 24.4 Å². The first kappa shape index (κ1) is 22.1. The van der Waals surface area contributed by atoms with E-state index in [1.165, 1.54) is 15.3 Å². The van der Waals surface area contributed by atoms with Crippen molar-refractivity contribution in [1.29, 1.82) is 0 Å². The van der Waals surface area contributed by atoms with Gasteiger partial charge in [-0.05, 0) is 36.2 Å². The molecule has 31 heavy (non-hydrogen) atoms. The molecule has 1 fully saturated rings. The first-order valence-electron chi connectivity index (χ1n) is 11.0. The van der Waals surface area contributed by atoms with Crippen molar-refractivity contribution in [2.75, 3.05) is 47.4 Å². The Morgan fingerprint density at radius 2 is 1.74 bits per heavy atom. The molecule has 0 aliphatic carbocycles. The van der Waals surface area contributed by atoms with Gasteiger partial charge in [-0.25, -0.2) is 0 Å². The van der Waals surface area contributed by atoms with E-state index < -0.39 is 0 Å². The quantitative estimate of drug-likeness (QED) is 0.680. The second-order valence-electron chi connectivity index (χ2n) is 8.85. The summed E-state index contributed by atoms with van der Waals surface area (Å²) in [6.45, 7) is 11.1. The third-order valence-electron chi connectivity index (χ3n) is 6.31. The summed E-state index contributed by atoms with van der Waals surface area (Å²) in [6, 6.07) is 6.08. The van der Waals surface area contributed by atoms with Gasteiger partial charge in [-0.1, -0.05) is 13.8 Å². The van der Waals surface area contributed by atoms with Gasteiger partial charge in [0.05, 0.1) is 26.3 Å². The van der Waals surface area contributed by atoms with Gasteiger partial charge < -0.3 is 19.3 Å². The van der Waals surface area contributed by atoms with Gasteiger partial charge in [-0.3, -0.25) is 9.69 Å². The minimum absolute atomic E-state index is 0.0189. The van der Waals surface area contributed by atoms with E-state index in [4.69, 9.17) is 9.47 Å². The zero-order valence-corrected chi connectivity index (χ0v) is 20.1. The highest BCUT2D eigenvalue weighted by Gasteiger charge is 2.29. The second-order valence-corrected chi connectivity index (χ2v) is 10.1. The Balaban J connectivity index is 1.47. The smallest absolute Gasteiger partial charge is 0.258 e. The minimum atomic E-state index is 0.0189. The zero-order valence-electron chi connectivity index (χ0n) is 19.2. The van der Waals surface area contributed by atoms with Crippen molar-refractivity contribution in [1.82, 2.24) is 14.7 Å². The predicted molar refractivity (Wildman–Crippen MR) is 124 cm³/mol. The van der Waals surface area contributed by atoms with Crippen molar-refractivity contribution in [2.24, 2.45) is 0 Å². The summed E-state index contributed by atoms with van der Waals surface area (Å²) in [5, 5.41) is 0. The fraction of sp³-hybridized carbons (Fsp3) is 0.542. The molecule has 7 heteroatoms. The van der Waals surface area contributed by atoms with E-state index in [1.807, 2.05) is 28.4 Å². The van der Waals surface area contributed by atoms with E-state index in [-0.39, 0.29) is 11.8 Å². The summed E-state index contributed by atoms with van der Waals surface area (Å²) >= 11 is 1.86. The van der Waals surface area contributed by atoms with Gasteiger partial charge in [-0.2, -0.15) is 0 Å². The molecular weight excluding hydrogens is 410 g/mol. The molecule has 0 atom stereocenters. The van der Waals surface area contributed by atoms with E-state index in [0.717, 1.165) is 44.0 Å². The average molecular weight is 444 g/mol. The number of thiophene rings is 1. The van der Waals surface area contributed by atoms with E-state index >= 15 is 0 Å². The van der Waals surface area contributed by atoms with E-state index in [2.05, 4.69) is 36.8 Å². The summed E-state index contributed by atoms with van der Waals surface area (Å²) in [5.74, 6) is 1.60. The van der Waals surface area contributed by atoms with Gasteiger partial charge in [0.25, 0.3) is 5.91 Å². The van der Waals surface area contributed by atoms with Crippen molar-refractivity contribution >= 4 is 17.2 Å². The van der Waals surface area contributed by atoms with Gasteiger partial charge in [0, 0.05) is 55.1 Å². The van der Waals surface area contributed by atoms with Crippen LogP contribution in [0.2, 0.25) is 0 Å². The number of hydrogen-bond acceptors (Lipinski definition) is 6. The van der Waals surface area contributed by atoms with Crippen LogP contribution in [-0.2, 0) is 19.6 Å². The molecule has 0 saturated carbocycles. The third-order valence-corrected chi connectivity index (χ3v) is 7.46. The third kappa shape index (κ3) is 4.59. The molecular formula is C24H33N3O3S. The highest BCUT2D eigenvalue weighted by atomic mass is 32.1. The van der Waals surface area contributed by atoms with Crippen molar-refractivity contribution in [3.8, 4) is 11.5 Å². The molecule has 6 nitrogen and oxygen atoms in total. The first-order chi connectivity index (χ1) is 14.9.